The number of carbonyl (C=O) groups is 2. The van der Waals surface area contributed by atoms with E-state index in [1.807, 2.05) is 0 Å². The van der Waals surface area contributed by atoms with E-state index in [2.05, 4.69) is 0 Å². The first-order valence-electron chi connectivity index (χ1n) is 7.77. The van der Waals surface area contributed by atoms with E-state index in [0.717, 1.165) is 0 Å². The summed E-state index contributed by atoms with van der Waals surface area (Å²) in [5.41, 5.74) is -0.904. The summed E-state index contributed by atoms with van der Waals surface area (Å²) >= 11 is 0. The Bertz CT molecular complexity index is 489. The molecule has 0 heterocycles. The van der Waals surface area contributed by atoms with E-state index in [1.54, 1.807) is 41.5 Å². The molecule has 148 valence electrons. The third-order valence-corrected chi connectivity index (χ3v) is 11.6. The van der Waals surface area contributed by atoms with Crippen LogP contribution in [-0.4, -0.2) is 37.3 Å². The maximum absolute atomic E-state index is 13.5. The average molecular weight is 396 g/mol. The Morgan fingerprint density at radius 1 is 0.760 bits per heavy atom. The lowest BCUT2D eigenvalue weighted by Crippen LogP contribution is -2.58. The highest BCUT2D eigenvalue weighted by molar-refractivity contribution is 7.09. The van der Waals surface area contributed by atoms with Crippen molar-refractivity contribution in [3.63, 3.8) is 0 Å². The lowest BCUT2D eigenvalue weighted by molar-refractivity contribution is -0.343. The summed E-state index contributed by atoms with van der Waals surface area (Å²) < 4.78 is 89.5. The SMILES string of the molecule is CC(C)[Si](C(=O)CC(=O)C(F)(F)C(F)(F)C(F)(F)F)(C(C)C)C(C)C. The summed E-state index contributed by atoms with van der Waals surface area (Å²) in [5.74, 6) is -15.2. The molecule has 0 saturated carbocycles. The highest BCUT2D eigenvalue weighted by Crippen LogP contribution is 2.48. The lowest BCUT2D eigenvalue weighted by atomic mass is 10.0. The topological polar surface area (TPSA) is 34.1 Å². The molecule has 2 nitrogen and oxygen atoms in total. The van der Waals surface area contributed by atoms with E-state index in [-0.39, 0.29) is 16.6 Å². The fourth-order valence-electron chi connectivity index (χ4n) is 3.73. The standard InChI is InChI=1S/C15H23F7O2Si/c1-8(2)25(9(3)4,10(5)6)12(24)7-11(23)13(16,17)14(18,19)15(20,21)22/h8-10H,7H2,1-6H3. The van der Waals surface area contributed by atoms with Gasteiger partial charge in [-0.1, -0.05) is 41.5 Å². The summed E-state index contributed by atoms with van der Waals surface area (Å²) in [6.07, 6.45) is -8.22. The fraction of sp³-hybridized carbons (Fsp3) is 0.867. The third-order valence-electron chi connectivity index (χ3n) is 4.77. The molecule has 0 aromatic rings. The van der Waals surface area contributed by atoms with E-state index in [1.165, 1.54) is 0 Å². The minimum absolute atomic E-state index is 0.301. The van der Waals surface area contributed by atoms with Crippen LogP contribution in [0.2, 0.25) is 16.6 Å². The largest absolute Gasteiger partial charge is 0.460 e. The van der Waals surface area contributed by atoms with Crippen LogP contribution in [-0.2, 0) is 9.59 Å². The number of halogens is 7. The van der Waals surface area contributed by atoms with Gasteiger partial charge in [0.25, 0.3) is 0 Å². The highest BCUT2D eigenvalue weighted by atomic mass is 28.3. The molecule has 0 bridgehead atoms. The second-order valence-electron chi connectivity index (χ2n) is 7.07. The summed E-state index contributed by atoms with van der Waals surface area (Å²) in [6.45, 7) is 9.98. The zero-order valence-corrected chi connectivity index (χ0v) is 15.9. The van der Waals surface area contributed by atoms with Gasteiger partial charge in [-0.25, -0.2) is 0 Å². The predicted molar refractivity (Wildman–Crippen MR) is 81.6 cm³/mol. The Kier molecular flexibility index (Phi) is 7.08. The minimum atomic E-state index is -6.60. The van der Waals surface area contributed by atoms with Crippen LogP contribution in [0.25, 0.3) is 0 Å². The summed E-state index contributed by atoms with van der Waals surface area (Å²) in [4.78, 5) is 24.2. The second kappa shape index (κ2) is 7.36. The van der Waals surface area contributed by atoms with Gasteiger partial charge in [0, 0.05) is 0 Å². The third kappa shape index (κ3) is 3.93. The Balaban J connectivity index is 5.85. The van der Waals surface area contributed by atoms with E-state index in [9.17, 15) is 40.3 Å². The number of carbonyl (C=O) groups excluding carboxylic acids is 2. The zero-order valence-electron chi connectivity index (χ0n) is 14.9. The number of hydrogen-bond donors (Lipinski definition) is 0. The number of Topliss-reactive ketones (excluding diaryl/α,β-unsaturated/α-hetero) is 1. The van der Waals surface area contributed by atoms with Gasteiger partial charge >= 0.3 is 18.0 Å². The highest BCUT2D eigenvalue weighted by Gasteiger charge is 2.76. The van der Waals surface area contributed by atoms with Crippen molar-refractivity contribution < 1.29 is 40.3 Å². The molecule has 0 aliphatic heterocycles. The van der Waals surface area contributed by atoms with Crippen LogP contribution in [0.3, 0.4) is 0 Å². The molecule has 0 radical (unpaired) electrons. The fourth-order valence-corrected chi connectivity index (χ4v) is 10.1. The van der Waals surface area contributed by atoms with Gasteiger partial charge in [0.2, 0.25) is 5.78 Å². The van der Waals surface area contributed by atoms with Crippen LogP contribution in [0.1, 0.15) is 48.0 Å². The molecule has 0 aromatic carbocycles. The van der Waals surface area contributed by atoms with Gasteiger partial charge in [-0.05, 0) is 16.6 Å². The molecule has 0 aromatic heterocycles. The molecule has 0 rings (SSSR count). The molecule has 0 fully saturated rings. The molecule has 0 aliphatic rings. The summed E-state index contributed by atoms with van der Waals surface area (Å²) in [7, 11) is -3.10. The van der Waals surface area contributed by atoms with Crippen LogP contribution in [0.5, 0.6) is 0 Å². The first kappa shape index (κ1) is 24.1. The number of ketones is 1. The zero-order chi connectivity index (χ0) is 20.6. The summed E-state index contributed by atoms with van der Waals surface area (Å²) in [5, 5.41) is -0.921. The van der Waals surface area contributed by atoms with Gasteiger partial charge in [0.1, 0.15) is 13.5 Å². The van der Waals surface area contributed by atoms with Gasteiger partial charge in [0.05, 0.1) is 6.42 Å². The monoisotopic (exact) mass is 396 g/mol. The molecular formula is C15H23F7O2Si. The molecule has 0 amide bonds. The van der Waals surface area contributed by atoms with Crippen LogP contribution >= 0.6 is 0 Å². The van der Waals surface area contributed by atoms with Crippen molar-refractivity contribution in [2.75, 3.05) is 0 Å². The normalized spacial score (nSPS) is 14.6. The van der Waals surface area contributed by atoms with Crippen molar-refractivity contribution in [1.82, 2.24) is 0 Å². The van der Waals surface area contributed by atoms with Crippen molar-refractivity contribution in [1.29, 1.82) is 0 Å². The maximum atomic E-state index is 13.5. The molecule has 0 unspecified atom stereocenters. The predicted octanol–water partition coefficient (Wildman–Crippen LogP) is 5.57. The molecule has 0 spiro atoms. The maximum Gasteiger partial charge on any atom is 0.460 e. The molecular weight excluding hydrogens is 373 g/mol. The Hall–Kier alpha value is -0.933. The van der Waals surface area contributed by atoms with Crippen molar-refractivity contribution in [2.24, 2.45) is 0 Å². The van der Waals surface area contributed by atoms with E-state index >= 15 is 0 Å². The average Bonchev–Trinajstić information content (AvgIpc) is 2.35. The Morgan fingerprint density at radius 3 is 1.32 bits per heavy atom. The van der Waals surface area contributed by atoms with Crippen LogP contribution < -0.4 is 0 Å². The first-order chi connectivity index (χ1) is 10.9. The van der Waals surface area contributed by atoms with Crippen molar-refractivity contribution >= 4 is 19.3 Å². The van der Waals surface area contributed by atoms with E-state index in [0.29, 0.717) is 0 Å². The molecule has 10 heteroatoms. The van der Waals surface area contributed by atoms with E-state index < -0.39 is 43.7 Å². The van der Waals surface area contributed by atoms with Crippen molar-refractivity contribution in [3.05, 3.63) is 0 Å². The van der Waals surface area contributed by atoms with Crippen LogP contribution in [0.4, 0.5) is 30.7 Å². The second-order valence-corrected chi connectivity index (χ2v) is 13.0. The lowest BCUT2D eigenvalue weighted by Gasteiger charge is -2.41. The van der Waals surface area contributed by atoms with Gasteiger partial charge in [-0.2, -0.15) is 30.7 Å². The minimum Gasteiger partial charge on any atom is -0.305 e. The van der Waals surface area contributed by atoms with Crippen LogP contribution in [0, 0.1) is 0 Å². The Morgan fingerprint density at radius 2 is 1.08 bits per heavy atom. The number of rotatable bonds is 8. The molecule has 0 atom stereocenters. The molecule has 0 saturated heterocycles. The molecule has 25 heavy (non-hydrogen) atoms. The quantitative estimate of drug-likeness (QED) is 0.306. The first-order valence-corrected chi connectivity index (χ1v) is 10.0. The van der Waals surface area contributed by atoms with Crippen molar-refractivity contribution in [3.8, 4) is 0 Å². The molecule has 0 N–H and O–H groups in total. The van der Waals surface area contributed by atoms with E-state index in [4.69, 9.17) is 0 Å². The van der Waals surface area contributed by atoms with Gasteiger partial charge in [0.15, 0.2) is 0 Å². The number of alkyl halides is 7. The smallest absolute Gasteiger partial charge is 0.305 e. The van der Waals surface area contributed by atoms with Gasteiger partial charge in [-0.3, -0.25) is 4.79 Å². The van der Waals surface area contributed by atoms with Gasteiger partial charge < -0.3 is 4.79 Å². The van der Waals surface area contributed by atoms with Gasteiger partial charge in [-0.15, -0.1) is 0 Å². The Labute approximate surface area is 143 Å². The summed E-state index contributed by atoms with van der Waals surface area (Å²) in [6, 6.07) is 0. The number of hydrogen-bond acceptors (Lipinski definition) is 2. The molecule has 0 aliphatic carbocycles. The van der Waals surface area contributed by atoms with Crippen LogP contribution in [0.15, 0.2) is 0 Å². The van der Waals surface area contributed by atoms with Crippen molar-refractivity contribution in [2.45, 2.75) is 82.6 Å².